The minimum atomic E-state index is 0.503. The maximum atomic E-state index is 6.17. The van der Waals surface area contributed by atoms with Crippen molar-refractivity contribution in [3.05, 3.63) is 64.9 Å². The smallest absolute Gasteiger partial charge is 0.163 e. The Kier molecular flexibility index (Phi) is 5.88. The van der Waals surface area contributed by atoms with Gasteiger partial charge < -0.3 is 14.8 Å². The van der Waals surface area contributed by atoms with Crippen molar-refractivity contribution in [1.29, 1.82) is 0 Å². The Morgan fingerprint density at radius 2 is 1.80 bits per heavy atom. The lowest BCUT2D eigenvalue weighted by Crippen LogP contribution is -2.02. The average molecular weight is 441 g/mol. The normalized spacial score (nSPS) is 10.8. The van der Waals surface area contributed by atoms with Crippen LogP contribution in [0.3, 0.4) is 0 Å². The molecule has 8 heteroatoms. The van der Waals surface area contributed by atoms with Crippen LogP contribution in [0.15, 0.2) is 54.9 Å². The summed E-state index contributed by atoms with van der Waals surface area (Å²) in [5, 5.41) is 5.12. The fraction of sp³-hybridized carbons (Fsp3) is 0.136. The van der Waals surface area contributed by atoms with Gasteiger partial charge in [0.15, 0.2) is 17.3 Å². The molecule has 6 nitrogen and oxygen atoms in total. The maximum Gasteiger partial charge on any atom is 0.163 e. The Morgan fingerprint density at radius 3 is 2.47 bits per heavy atom. The van der Waals surface area contributed by atoms with Crippen LogP contribution in [0.1, 0.15) is 6.92 Å². The van der Waals surface area contributed by atoms with Gasteiger partial charge in [0.2, 0.25) is 0 Å². The van der Waals surface area contributed by atoms with E-state index in [4.69, 9.17) is 42.6 Å². The third kappa shape index (κ3) is 4.25. The van der Waals surface area contributed by atoms with Crippen LogP contribution in [0, 0.1) is 0 Å². The molecule has 2 aromatic carbocycles. The van der Waals surface area contributed by atoms with E-state index >= 15 is 0 Å². The van der Waals surface area contributed by atoms with E-state index in [1.807, 2.05) is 31.2 Å². The minimum Gasteiger partial charge on any atom is -0.493 e. The van der Waals surface area contributed by atoms with Crippen molar-refractivity contribution >= 4 is 45.6 Å². The molecule has 0 radical (unpaired) electrons. The first-order chi connectivity index (χ1) is 14.6. The number of ether oxygens (including phenoxy) is 2. The van der Waals surface area contributed by atoms with Crippen LogP contribution < -0.4 is 14.8 Å². The Hall–Kier alpha value is -3.09. The molecule has 4 aromatic rings. The quantitative estimate of drug-likeness (QED) is 0.387. The van der Waals surface area contributed by atoms with Gasteiger partial charge in [0.1, 0.15) is 5.82 Å². The molecule has 0 unspecified atom stereocenters. The molecular weight excluding hydrogens is 423 g/mol. The molecule has 0 aliphatic heterocycles. The molecule has 0 fully saturated rings. The molecule has 0 saturated carbocycles. The van der Waals surface area contributed by atoms with Crippen LogP contribution in [-0.4, -0.2) is 28.7 Å². The Balaban J connectivity index is 1.92. The summed E-state index contributed by atoms with van der Waals surface area (Å²) in [5.74, 6) is 2.31. The van der Waals surface area contributed by atoms with Crippen molar-refractivity contribution in [3.8, 4) is 22.9 Å². The van der Waals surface area contributed by atoms with Crippen LogP contribution in [0.5, 0.6) is 11.5 Å². The van der Waals surface area contributed by atoms with Crippen molar-refractivity contribution in [2.75, 3.05) is 19.0 Å². The number of nitrogens with one attached hydrogen (secondary N) is 1. The van der Waals surface area contributed by atoms with Crippen molar-refractivity contribution in [2.45, 2.75) is 6.92 Å². The largest absolute Gasteiger partial charge is 0.493 e. The van der Waals surface area contributed by atoms with Gasteiger partial charge in [0.05, 0.1) is 19.2 Å². The number of aromatic nitrogens is 3. The van der Waals surface area contributed by atoms with Gasteiger partial charge in [-0.05, 0) is 43.3 Å². The molecule has 0 aliphatic carbocycles. The van der Waals surface area contributed by atoms with E-state index in [0.29, 0.717) is 51.0 Å². The summed E-state index contributed by atoms with van der Waals surface area (Å²) in [6.07, 6.45) is 3.42. The molecule has 0 amide bonds. The highest BCUT2D eigenvalue weighted by Crippen LogP contribution is 2.36. The summed E-state index contributed by atoms with van der Waals surface area (Å²) in [7, 11) is 1.60. The average Bonchev–Trinajstić information content (AvgIpc) is 2.73. The number of anilines is 2. The van der Waals surface area contributed by atoms with Gasteiger partial charge in [-0.2, -0.15) is 0 Å². The van der Waals surface area contributed by atoms with Crippen LogP contribution >= 0.6 is 23.2 Å². The van der Waals surface area contributed by atoms with Crippen LogP contribution in [0.2, 0.25) is 10.0 Å². The van der Waals surface area contributed by atoms with Gasteiger partial charge in [-0.25, -0.2) is 9.97 Å². The summed E-state index contributed by atoms with van der Waals surface area (Å²) >= 11 is 12.3. The molecule has 0 bridgehead atoms. The molecule has 30 heavy (non-hydrogen) atoms. The zero-order chi connectivity index (χ0) is 21.1. The number of pyridine rings is 1. The predicted molar refractivity (Wildman–Crippen MR) is 120 cm³/mol. The van der Waals surface area contributed by atoms with Crippen molar-refractivity contribution in [3.63, 3.8) is 0 Å². The van der Waals surface area contributed by atoms with E-state index in [2.05, 4.69) is 10.3 Å². The van der Waals surface area contributed by atoms with Gasteiger partial charge in [0.25, 0.3) is 0 Å². The molecule has 0 atom stereocenters. The monoisotopic (exact) mass is 440 g/mol. The molecule has 4 rings (SSSR count). The molecular formula is C22H18Cl2N4O2. The molecule has 2 aromatic heterocycles. The number of hydrogen-bond donors (Lipinski definition) is 1. The molecule has 0 saturated heterocycles. The molecule has 2 heterocycles. The summed E-state index contributed by atoms with van der Waals surface area (Å²) < 4.78 is 11.2. The van der Waals surface area contributed by atoms with E-state index in [1.165, 1.54) is 0 Å². The highest BCUT2D eigenvalue weighted by atomic mass is 35.5. The number of halogens is 2. The fourth-order valence-electron chi connectivity index (χ4n) is 3.05. The van der Waals surface area contributed by atoms with E-state index in [9.17, 15) is 0 Å². The summed E-state index contributed by atoms with van der Waals surface area (Å²) in [5.41, 5.74) is 2.19. The second kappa shape index (κ2) is 8.73. The van der Waals surface area contributed by atoms with Crippen LogP contribution in [0.25, 0.3) is 22.3 Å². The second-order valence-electron chi connectivity index (χ2n) is 6.37. The standard InChI is InChI=1S/C22H18Cl2N4O2/c1-3-30-20-10-17-18(11-19(20)29-2)27-21(13-5-4-6-25-12-13)28-22(17)26-16-8-14(23)7-15(24)9-16/h4-12H,3H2,1-2H3,(H,26,27,28). The molecule has 152 valence electrons. The fourth-order valence-corrected chi connectivity index (χ4v) is 3.57. The summed E-state index contributed by atoms with van der Waals surface area (Å²) in [4.78, 5) is 13.6. The van der Waals surface area contributed by atoms with E-state index < -0.39 is 0 Å². The summed E-state index contributed by atoms with van der Waals surface area (Å²) in [6, 6.07) is 12.7. The van der Waals surface area contributed by atoms with Crippen molar-refractivity contribution in [2.24, 2.45) is 0 Å². The number of nitrogens with zero attached hydrogens (tertiary/aromatic N) is 3. The highest BCUT2D eigenvalue weighted by molar-refractivity contribution is 6.35. The summed E-state index contributed by atoms with van der Waals surface area (Å²) in [6.45, 7) is 2.42. The zero-order valence-corrected chi connectivity index (χ0v) is 17.8. The van der Waals surface area contributed by atoms with Crippen LogP contribution in [0.4, 0.5) is 11.5 Å². The van der Waals surface area contributed by atoms with Gasteiger partial charge in [0, 0.05) is 45.1 Å². The highest BCUT2D eigenvalue weighted by Gasteiger charge is 2.15. The minimum absolute atomic E-state index is 0.503. The van der Waals surface area contributed by atoms with Gasteiger partial charge in [-0.1, -0.05) is 23.2 Å². The van der Waals surface area contributed by atoms with E-state index in [-0.39, 0.29) is 0 Å². The lowest BCUT2D eigenvalue weighted by Gasteiger charge is -2.15. The lowest BCUT2D eigenvalue weighted by molar-refractivity contribution is 0.311. The van der Waals surface area contributed by atoms with E-state index in [0.717, 1.165) is 10.9 Å². The number of fused-ring (bicyclic) bond motifs is 1. The number of benzene rings is 2. The lowest BCUT2D eigenvalue weighted by atomic mass is 10.1. The molecule has 1 N–H and O–H groups in total. The Morgan fingerprint density at radius 1 is 1.00 bits per heavy atom. The van der Waals surface area contributed by atoms with E-state index in [1.54, 1.807) is 37.7 Å². The third-order valence-corrected chi connectivity index (χ3v) is 4.76. The van der Waals surface area contributed by atoms with Crippen molar-refractivity contribution < 1.29 is 9.47 Å². The number of rotatable bonds is 6. The number of methoxy groups -OCH3 is 1. The first-order valence-electron chi connectivity index (χ1n) is 9.23. The van der Waals surface area contributed by atoms with Gasteiger partial charge in [-0.15, -0.1) is 0 Å². The maximum absolute atomic E-state index is 6.17. The predicted octanol–water partition coefficient (Wildman–Crippen LogP) is 6.15. The Labute approximate surface area is 183 Å². The zero-order valence-electron chi connectivity index (χ0n) is 16.3. The Bertz CT molecular complexity index is 1180. The topological polar surface area (TPSA) is 69.2 Å². The first-order valence-corrected chi connectivity index (χ1v) is 9.99. The molecule has 0 aliphatic rings. The molecule has 0 spiro atoms. The van der Waals surface area contributed by atoms with Crippen LogP contribution in [-0.2, 0) is 0 Å². The number of hydrogen-bond acceptors (Lipinski definition) is 6. The van der Waals surface area contributed by atoms with Crippen molar-refractivity contribution in [1.82, 2.24) is 15.0 Å². The van der Waals surface area contributed by atoms with Gasteiger partial charge >= 0.3 is 0 Å². The SMILES string of the molecule is CCOc1cc2c(Nc3cc(Cl)cc(Cl)c3)nc(-c3cccnc3)nc2cc1OC. The first kappa shape index (κ1) is 20.2. The third-order valence-electron chi connectivity index (χ3n) is 4.33. The second-order valence-corrected chi connectivity index (χ2v) is 7.25. The van der Waals surface area contributed by atoms with Gasteiger partial charge in [-0.3, -0.25) is 4.98 Å².